The predicted octanol–water partition coefficient (Wildman–Crippen LogP) is 5.32. The van der Waals surface area contributed by atoms with Crippen molar-refractivity contribution in [2.24, 2.45) is 0 Å². The van der Waals surface area contributed by atoms with Crippen molar-refractivity contribution in [3.8, 4) is 0 Å². The fourth-order valence-electron chi connectivity index (χ4n) is 1.67. The third kappa shape index (κ3) is 3.35. The normalized spacial score (nSPS) is 10.5. The van der Waals surface area contributed by atoms with Gasteiger partial charge in [0.2, 0.25) is 0 Å². The first-order chi connectivity index (χ1) is 8.99. The van der Waals surface area contributed by atoms with Gasteiger partial charge in [0, 0.05) is 32.1 Å². The van der Waals surface area contributed by atoms with Gasteiger partial charge in [0.05, 0.1) is 0 Å². The number of rotatable bonds is 3. The van der Waals surface area contributed by atoms with Gasteiger partial charge in [-0.2, -0.15) is 0 Å². The zero-order valence-corrected chi connectivity index (χ0v) is 12.7. The predicted molar refractivity (Wildman–Crippen MR) is 78.6 cm³/mol. The van der Waals surface area contributed by atoms with Crippen molar-refractivity contribution in [3.05, 3.63) is 67.9 Å². The van der Waals surface area contributed by atoms with E-state index in [1.807, 2.05) is 0 Å². The Bertz CT molecular complexity index is 623. The van der Waals surface area contributed by atoms with E-state index in [9.17, 15) is 9.18 Å². The summed E-state index contributed by atoms with van der Waals surface area (Å²) in [4.78, 5) is 12.2. The maximum atomic E-state index is 13.6. The molecule has 0 aliphatic heterocycles. The van der Waals surface area contributed by atoms with Crippen LogP contribution in [0.25, 0.3) is 0 Å². The average Bonchev–Trinajstić information content (AvgIpc) is 2.37. The smallest absolute Gasteiger partial charge is 0.168 e. The molecule has 0 radical (unpaired) electrons. The summed E-state index contributed by atoms with van der Waals surface area (Å²) in [7, 11) is 0. The Kier molecular flexibility index (Phi) is 4.61. The Labute approximate surface area is 128 Å². The Morgan fingerprint density at radius 2 is 1.95 bits per heavy atom. The van der Waals surface area contributed by atoms with Crippen LogP contribution in [0.5, 0.6) is 0 Å². The molecule has 0 N–H and O–H groups in total. The van der Waals surface area contributed by atoms with E-state index >= 15 is 0 Å². The largest absolute Gasteiger partial charge is 0.294 e. The van der Waals surface area contributed by atoms with Gasteiger partial charge in [0.15, 0.2) is 5.78 Å². The molecule has 0 saturated carbocycles. The topological polar surface area (TPSA) is 17.1 Å². The van der Waals surface area contributed by atoms with E-state index in [-0.39, 0.29) is 22.8 Å². The Balaban J connectivity index is 2.34. The molecule has 0 saturated heterocycles. The number of benzene rings is 2. The fourth-order valence-corrected chi connectivity index (χ4v) is 2.54. The second kappa shape index (κ2) is 6.04. The van der Waals surface area contributed by atoms with Crippen LogP contribution in [0.3, 0.4) is 0 Å². The van der Waals surface area contributed by atoms with Crippen LogP contribution in [0.4, 0.5) is 4.39 Å². The Morgan fingerprint density at radius 1 is 1.21 bits per heavy atom. The maximum absolute atomic E-state index is 13.6. The number of halogens is 4. The van der Waals surface area contributed by atoms with Crippen molar-refractivity contribution >= 4 is 44.9 Å². The standard InChI is InChI=1S/C14H8BrCl2FO/c15-11-5-4-8(16)6-9(11)14(19)7-10-12(17)2-1-3-13(10)18/h1-6H,7H2. The van der Waals surface area contributed by atoms with E-state index in [1.165, 1.54) is 12.1 Å². The summed E-state index contributed by atoms with van der Waals surface area (Å²) in [6.07, 6.45) is -0.107. The van der Waals surface area contributed by atoms with Gasteiger partial charge in [-0.1, -0.05) is 45.2 Å². The molecule has 0 fully saturated rings. The number of Topliss-reactive ketones (excluding diaryl/α,β-unsaturated/α-hetero) is 1. The maximum Gasteiger partial charge on any atom is 0.168 e. The highest BCUT2D eigenvalue weighted by molar-refractivity contribution is 9.10. The summed E-state index contributed by atoms with van der Waals surface area (Å²) >= 11 is 15.0. The van der Waals surface area contributed by atoms with Crippen LogP contribution in [0.2, 0.25) is 10.0 Å². The molecule has 0 aliphatic carbocycles. The van der Waals surface area contributed by atoms with Crippen molar-refractivity contribution in [1.29, 1.82) is 0 Å². The molecule has 0 heterocycles. The molecule has 5 heteroatoms. The van der Waals surface area contributed by atoms with Crippen molar-refractivity contribution in [2.45, 2.75) is 6.42 Å². The van der Waals surface area contributed by atoms with Gasteiger partial charge in [-0.05, 0) is 30.3 Å². The van der Waals surface area contributed by atoms with Gasteiger partial charge in [0.25, 0.3) is 0 Å². The first-order valence-corrected chi connectivity index (χ1v) is 6.95. The molecule has 0 bridgehead atoms. The molecule has 98 valence electrons. The van der Waals surface area contributed by atoms with Crippen molar-refractivity contribution in [1.82, 2.24) is 0 Å². The molecule has 0 amide bonds. The lowest BCUT2D eigenvalue weighted by atomic mass is 10.0. The molecule has 19 heavy (non-hydrogen) atoms. The number of carbonyl (C=O) groups excluding carboxylic acids is 1. The number of carbonyl (C=O) groups is 1. The summed E-state index contributed by atoms with van der Waals surface area (Å²) in [5.74, 6) is -0.736. The molecular weight excluding hydrogens is 354 g/mol. The number of hydrogen-bond acceptors (Lipinski definition) is 1. The first kappa shape index (κ1) is 14.5. The molecule has 0 aromatic heterocycles. The minimum Gasteiger partial charge on any atom is -0.294 e. The van der Waals surface area contributed by atoms with Crippen LogP contribution in [0.15, 0.2) is 40.9 Å². The third-order valence-electron chi connectivity index (χ3n) is 2.63. The fraction of sp³-hybridized carbons (Fsp3) is 0.0714. The summed E-state index contributed by atoms with van der Waals surface area (Å²) in [6, 6.07) is 9.22. The molecule has 2 aromatic rings. The van der Waals surface area contributed by atoms with E-state index in [0.29, 0.717) is 15.1 Å². The monoisotopic (exact) mass is 360 g/mol. The Hall–Kier alpha value is -0.900. The molecule has 1 nitrogen and oxygen atoms in total. The van der Waals surface area contributed by atoms with Crippen molar-refractivity contribution in [3.63, 3.8) is 0 Å². The highest BCUT2D eigenvalue weighted by atomic mass is 79.9. The van der Waals surface area contributed by atoms with Crippen molar-refractivity contribution < 1.29 is 9.18 Å². The summed E-state index contributed by atoms with van der Waals surface area (Å²) in [5, 5.41) is 0.692. The van der Waals surface area contributed by atoms with E-state index < -0.39 is 5.82 Å². The zero-order valence-electron chi connectivity index (χ0n) is 9.59. The highest BCUT2D eigenvalue weighted by Gasteiger charge is 2.16. The van der Waals surface area contributed by atoms with E-state index in [4.69, 9.17) is 23.2 Å². The minimum absolute atomic E-state index is 0.107. The molecule has 0 unspecified atom stereocenters. The lowest BCUT2D eigenvalue weighted by Gasteiger charge is -2.07. The summed E-state index contributed by atoms with van der Waals surface area (Å²) in [6.45, 7) is 0. The van der Waals surface area contributed by atoms with Gasteiger partial charge < -0.3 is 0 Å². The average molecular weight is 362 g/mol. The molecule has 0 spiro atoms. The van der Waals surface area contributed by atoms with Crippen LogP contribution in [0, 0.1) is 5.82 Å². The van der Waals surface area contributed by atoms with Gasteiger partial charge >= 0.3 is 0 Å². The van der Waals surface area contributed by atoms with E-state index in [1.54, 1.807) is 24.3 Å². The Morgan fingerprint density at radius 3 is 2.63 bits per heavy atom. The van der Waals surface area contributed by atoms with Crippen LogP contribution in [0.1, 0.15) is 15.9 Å². The highest BCUT2D eigenvalue weighted by Crippen LogP contribution is 2.25. The molecule has 0 atom stereocenters. The minimum atomic E-state index is -0.487. The van der Waals surface area contributed by atoms with Crippen LogP contribution < -0.4 is 0 Å². The quantitative estimate of drug-likeness (QED) is 0.676. The zero-order chi connectivity index (χ0) is 14.0. The second-order valence-corrected chi connectivity index (χ2v) is 5.62. The summed E-state index contributed by atoms with van der Waals surface area (Å²) < 4.78 is 14.3. The summed E-state index contributed by atoms with van der Waals surface area (Å²) in [5.41, 5.74) is 0.605. The van der Waals surface area contributed by atoms with Crippen molar-refractivity contribution in [2.75, 3.05) is 0 Å². The second-order valence-electron chi connectivity index (χ2n) is 3.92. The first-order valence-electron chi connectivity index (χ1n) is 5.40. The molecule has 0 aliphatic rings. The van der Waals surface area contributed by atoms with E-state index in [0.717, 1.165) is 0 Å². The lowest BCUT2D eigenvalue weighted by Crippen LogP contribution is -2.06. The van der Waals surface area contributed by atoms with Gasteiger partial charge in [-0.25, -0.2) is 4.39 Å². The van der Waals surface area contributed by atoms with E-state index in [2.05, 4.69) is 15.9 Å². The number of hydrogen-bond donors (Lipinski definition) is 0. The third-order valence-corrected chi connectivity index (χ3v) is 3.91. The van der Waals surface area contributed by atoms with Gasteiger partial charge in [0.1, 0.15) is 5.82 Å². The van der Waals surface area contributed by atoms with Crippen LogP contribution in [-0.2, 0) is 6.42 Å². The molecule has 2 rings (SSSR count). The lowest BCUT2D eigenvalue weighted by molar-refractivity contribution is 0.0991. The van der Waals surface area contributed by atoms with Crippen LogP contribution >= 0.6 is 39.1 Å². The van der Waals surface area contributed by atoms with Gasteiger partial charge in [-0.15, -0.1) is 0 Å². The molecular formula is C14H8BrCl2FO. The van der Waals surface area contributed by atoms with Crippen LogP contribution in [-0.4, -0.2) is 5.78 Å². The molecule has 2 aromatic carbocycles. The SMILES string of the molecule is O=C(Cc1c(F)cccc1Cl)c1cc(Cl)ccc1Br. The number of ketones is 1. The van der Waals surface area contributed by atoms with Gasteiger partial charge in [-0.3, -0.25) is 4.79 Å².